The minimum atomic E-state index is -3.97. The van der Waals surface area contributed by atoms with Crippen LogP contribution in [0.1, 0.15) is 18.4 Å². The fraction of sp³-hybridized carbons (Fsp3) is 0.364. The van der Waals surface area contributed by atoms with Crippen molar-refractivity contribution in [2.45, 2.75) is 18.4 Å². The van der Waals surface area contributed by atoms with Gasteiger partial charge in [-0.25, -0.2) is 4.98 Å². The Balaban J connectivity index is 1.30. The second kappa shape index (κ2) is 7.80. The number of rotatable bonds is 6. The number of carboxylic acids is 1. The number of nitrogens with one attached hydrogen (secondary N) is 1. The zero-order valence-electron chi connectivity index (χ0n) is 17.5. The summed E-state index contributed by atoms with van der Waals surface area (Å²) >= 11 is 1.59. The normalized spacial score (nSPS) is 26.3. The second-order valence-electron chi connectivity index (χ2n) is 8.31. The van der Waals surface area contributed by atoms with Gasteiger partial charge in [-0.1, -0.05) is 60.7 Å². The lowest BCUT2D eigenvalue weighted by Crippen LogP contribution is -2.56. The first-order chi connectivity index (χ1) is 15.3. The topological polar surface area (TPSA) is 103 Å². The Bertz CT molecular complexity index is 1220. The molecule has 3 aromatic rings. The summed E-state index contributed by atoms with van der Waals surface area (Å²) in [6, 6.07) is 17.1. The van der Waals surface area contributed by atoms with Crippen LogP contribution >= 0.6 is 11.3 Å². The van der Waals surface area contributed by atoms with Gasteiger partial charge < -0.3 is 10.0 Å². The summed E-state index contributed by atoms with van der Waals surface area (Å²) in [5.74, 6) is -1.89. The highest BCUT2D eigenvalue weighted by atomic mass is 32.2. The van der Waals surface area contributed by atoms with E-state index >= 15 is 0 Å². The lowest BCUT2D eigenvalue weighted by Gasteiger charge is -2.34. The third-order valence-corrected chi connectivity index (χ3v) is 9.28. The monoisotopic (exact) mass is 472 g/mol. The van der Waals surface area contributed by atoms with Gasteiger partial charge in [-0.05, 0) is 23.6 Å². The second-order valence-corrected chi connectivity index (χ2v) is 11.0. The largest absolute Gasteiger partial charge is 0.480 e. The van der Waals surface area contributed by atoms with Crippen LogP contribution in [0.5, 0.6) is 0 Å². The smallest absolute Gasteiger partial charge is 0.325 e. The van der Waals surface area contributed by atoms with Gasteiger partial charge in [-0.15, -0.1) is 0 Å². The molecule has 2 aromatic carbocycles. The first-order valence-corrected chi connectivity index (χ1v) is 12.8. The van der Waals surface area contributed by atoms with Gasteiger partial charge in [0.05, 0.1) is 10.2 Å². The molecule has 0 radical (unpaired) electrons. The van der Waals surface area contributed by atoms with Crippen LogP contribution in [-0.2, 0) is 15.0 Å². The van der Waals surface area contributed by atoms with Crippen molar-refractivity contribution in [1.29, 1.82) is 0 Å². The summed E-state index contributed by atoms with van der Waals surface area (Å²) in [6.45, 7) is 3.31. The number of benzene rings is 2. The molecular formula is C22H24N4O4S2. The molecule has 2 heterocycles. The van der Waals surface area contributed by atoms with Crippen LogP contribution in [0.15, 0.2) is 54.6 Å². The molecule has 1 aliphatic heterocycles. The van der Waals surface area contributed by atoms with Gasteiger partial charge in [0.1, 0.15) is 5.54 Å². The van der Waals surface area contributed by atoms with Crippen molar-refractivity contribution in [2.24, 2.45) is 5.92 Å². The predicted octanol–water partition coefficient (Wildman–Crippen LogP) is 2.51. The molecule has 8 nitrogen and oxygen atoms in total. The zero-order valence-corrected chi connectivity index (χ0v) is 19.1. The van der Waals surface area contributed by atoms with Crippen molar-refractivity contribution < 1.29 is 18.3 Å². The van der Waals surface area contributed by atoms with Crippen LogP contribution in [0, 0.1) is 5.92 Å². The van der Waals surface area contributed by atoms with Gasteiger partial charge in [-0.3, -0.25) is 4.79 Å². The molecule has 2 N–H and O–H groups in total. The summed E-state index contributed by atoms with van der Waals surface area (Å²) in [5.41, 5.74) is 0.234. The minimum absolute atomic E-state index is 0.269. The van der Waals surface area contributed by atoms with E-state index in [1.165, 1.54) is 4.31 Å². The Labute approximate surface area is 190 Å². The van der Waals surface area contributed by atoms with E-state index in [2.05, 4.69) is 14.6 Å². The van der Waals surface area contributed by atoms with Crippen LogP contribution in [0.2, 0.25) is 0 Å². The number of anilines is 1. The maximum Gasteiger partial charge on any atom is 0.325 e. The molecular weight excluding hydrogens is 448 g/mol. The molecule has 1 aromatic heterocycles. The molecule has 32 heavy (non-hydrogen) atoms. The van der Waals surface area contributed by atoms with Gasteiger partial charge in [0, 0.05) is 32.1 Å². The van der Waals surface area contributed by atoms with Gasteiger partial charge in [0.15, 0.2) is 5.13 Å². The van der Waals surface area contributed by atoms with E-state index in [0.717, 1.165) is 20.9 Å². The molecule has 2 fully saturated rings. The maximum absolute atomic E-state index is 13.2. The summed E-state index contributed by atoms with van der Waals surface area (Å²) < 4.78 is 31.3. The van der Waals surface area contributed by atoms with Crippen molar-refractivity contribution in [2.75, 3.05) is 31.1 Å². The zero-order chi connectivity index (χ0) is 22.5. The van der Waals surface area contributed by atoms with Gasteiger partial charge in [0.2, 0.25) is 0 Å². The standard InChI is InChI=1S/C22H24N4O4S2/c1-15-19(16-7-3-2-4-8-16)22(15,20(27)28)24-32(29,30)26-13-11-25(12-14-26)21-23-17-9-5-6-10-18(17)31-21/h2-10,15,19,24H,11-14H2,1H3,(H,27,28)/t15?,19-,22-/m0/s1. The molecule has 1 aliphatic carbocycles. The lowest BCUT2D eigenvalue weighted by atomic mass is 10.1. The number of para-hydroxylation sites is 1. The van der Waals surface area contributed by atoms with Gasteiger partial charge in [-0.2, -0.15) is 17.4 Å². The summed E-state index contributed by atoms with van der Waals surface area (Å²) in [5, 5.41) is 10.8. The predicted molar refractivity (Wildman–Crippen MR) is 124 cm³/mol. The lowest BCUT2D eigenvalue weighted by molar-refractivity contribution is -0.140. The number of thiazole rings is 1. The molecule has 10 heteroatoms. The number of hydrogen-bond donors (Lipinski definition) is 2. The van der Waals surface area contributed by atoms with Crippen LogP contribution < -0.4 is 9.62 Å². The third kappa shape index (κ3) is 3.47. The number of aromatic nitrogens is 1. The summed E-state index contributed by atoms with van der Waals surface area (Å²) in [7, 11) is -3.97. The molecule has 0 amide bonds. The number of nitrogens with zero attached hydrogens (tertiary/aromatic N) is 3. The molecule has 168 valence electrons. The minimum Gasteiger partial charge on any atom is -0.480 e. The average Bonchev–Trinajstić information content (AvgIpc) is 3.16. The number of hydrogen-bond acceptors (Lipinski definition) is 6. The Morgan fingerprint density at radius 3 is 2.41 bits per heavy atom. The number of fused-ring (bicyclic) bond motifs is 1. The third-order valence-electron chi connectivity index (χ3n) is 6.54. The van der Waals surface area contributed by atoms with E-state index < -0.39 is 27.6 Å². The Morgan fingerprint density at radius 2 is 1.75 bits per heavy atom. The highest BCUT2D eigenvalue weighted by molar-refractivity contribution is 7.87. The van der Waals surface area contributed by atoms with Crippen LogP contribution in [0.25, 0.3) is 10.2 Å². The molecule has 1 saturated heterocycles. The fourth-order valence-electron chi connectivity index (χ4n) is 4.69. The van der Waals surface area contributed by atoms with Crippen molar-refractivity contribution in [1.82, 2.24) is 14.0 Å². The van der Waals surface area contributed by atoms with Crippen molar-refractivity contribution in [3.05, 3.63) is 60.2 Å². The molecule has 0 spiro atoms. The molecule has 0 bridgehead atoms. The highest BCUT2D eigenvalue weighted by Crippen LogP contribution is 2.57. The van der Waals surface area contributed by atoms with E-state index in [0.29, 0.717) is 13.1 Å². The number of aliphatic carboxylic acids is 1. The fourth-order valence-corrected chi connectivity index (χ4v) is 7.31. The quantitative estimate of drug-likeness (QED) is 0.572. The Morgan fingerprint density at radius 1 is 1.09 bits per heavy atom. The van der Waals surface area contributed by atoms with E-state index in [9.17, 15) is 18.3 Å². The summed E-state index contributed by atoms with van der Waals surface area (Å²) in [6.07, 6.45) is 0. The Kier molecular flexibility index (Phi) is 5.20. The van der Waals surface area contributed by atoms with Crippen molar-refractivity contribution >= 4 is 42.9 Å². The molecule has 5 rings (SSSR count). The van der Waals surface area contributed by atoms with Crippen LogP contribution in [0.3, 0.4) is 0 Å². The molecule has 1 unspecified atom stereocenters. The molecule has 3 atom stereocenters. The first kappa shape index (κ1) is 21.3. The van der Waals surface area contributed by atoms with E-state index in [1.807, 2.05) is 54.6 Å². The van der Waals surface area contributed by atoms with E-state index in [4.69, 9.17) is 0 Å². The Hall–Kier alpha value is -2.53. The SMILES string of the molecule is CC1[C@@H](c2ccccc2)[C@]1(NS(=O)(=O)N1CCN(c2nc3ccccc3s2)CC1)C(=O)O. The van der Waals surface area contributed by atoms with Gasteiger partial charge in [0.25, 0.3) is 10.2 Å². The number of carboxylic acid groups (broad SMARTS) is 1. The number of piperazine rings is 1. The number of carbonyl (C=O) groups is 1. The summed E-state index contributed by atoms with van der Waals surface area (Å²) in [4.78, 5) is 18.9. The van der Waals surface area contributed by atoms with E-state index in [-0.39, 0.29) is 19.0 Å². The molecule has 2 aliphatic rings. The van der Waals surface area contributed by atoms with Crippen LogP contribution in [-0.4, -0.2) is 60.5 Å². The highest BCUT2D eigenvalue weighted by Gasteiger charge is 2.70. The molecule has 1 saturated carbocycles. The van der Waals surface area contributed by atoms with Crippen molar-refractivity contribution in [3.8, 4) is 0 Å². The first-order valence-electron chi connectivity index (χ1n) is 10.5. The van der Waals surface area contributed by atoms with Gasteiger partial charge >= 0.3 is 5.97 Å². The van der Waals surface area contributed by atoms with Crippen molar-refractivity contribution in [3.63, 3.8) is 0 Å². The van der Waals surface area contributed by atoms with Crippen LogP contribution in [0.4, 0.5) is 5.13 Å². The maximum atomic E-state index is 13.2. The van der Waals surface area contributed by atoms with E-state index in [1.54, 1.807) is 18.3 Å². The average molecular weight is 473 g/mol.